The van der Waals surface area contributed by atoms with Gasteiger partial charge in [0.25, 0.3) is 0 Å². The summed E-state index contributed by atoms with van der Waals surface area (Å²) in [6.07, 6.45) is -1.62. The molecule has 1 aromatic carbocycles. The van der Waals surface area contributed by atoms with E-state index in [0.717, 1.165) is 9.96 Å². The van der Waals surface area contributed by atoms with Crippen molar-refractivity contribution in [2.45, 2.75) is 63.3 Å². The monoisotopic (exact) mass is 659 g/mol. The van der Waals surface area contributed by atoms with Crippen molar-refractivity contribution in [3.05, 3.63) is 82.4 Å². The Kier molecular flexibility index (Phi) is 7.64. The highest BCUT2D eigenvalue weighted by Gasteiger charge is 2.47. The highest BCUT2D eigenvalue weighted by Crippen LogP contribution is 2.44. The second-order valence-corrected chi connectivity index (χ2v) is 14.3. The van der Waals surface area contributed by atoms with E-state index in [1.165, 1.54) is 34.9 Å². The first-order valence-electron chi connectivity index (χ1n) is 14.5. The first kappa shape index (κ1) is 31.9. The van der Waals surface area contributed by atoms with E-state index in [4.69, 9.17) is 9.47 Å². The molecule has 1 fully saturated rings. The highest BCUT2D eigenvalue weighted by molar-refractivity contribution is 7.89. The highest BCUT2D eigenvalue weighted by atomic mass is 32.2. The lowest BCUT2D eigenvalue weighted by Gasteiger charge is -2.33. The molecular formula is C31H32F3N5O6S. The number of halogens is 3. The van der Waals surface area contributed by atoms with Gasteiger partial charge in [-0.05, 0) is 73.7 Å². The molecule has 4 aromatic rings. The van der Waals surface area contributed by atoms with Crippen molar-refractivity contribution >= 4 is 21.6 Å². The number of aliphatic carboxylic acids is 1. The SMILES string of the molecule is Cc1ccc([C@@H](c2ccn3c(C(F)(F)F)nnc3c2C)C(C)(C)C(=O)O)cc1CN1C[C@]2(CCOC2)Oc2ncccc2S1(=O)=O. The van der Waals surface area contributed by atoms with E-state index in [1.807, 2.05) is 6.92 Å². The molecule has 1 spiro atoms. The van der Waals surface area contributed by atoms with Crippen molar-refractivity contribution < 1.29 is 41.0 Å². The van der Waals surface area contributed by atoms with Crippen molar-refractivity contribution in [3.63, 3.8) is 0 Å². The number of carboxylic acids is 1. The molecular weight excluding hydrogens is 627 g/mol. The quantitative estimate of drug-likeness (QED) is 0.311. The maximum atomic E-state index is 14.0. The van der Waals surface area contributed by atoms with Crippen molar-refractivity contribution in [2.24, 2.45) is 5.41 Å². The van der Waals surface area contributed by atoms with Crippen molar-refractivity contribution in [1.29, 1.82) is 0 Å². The number of aromatic nitrogens is 4. The van der Waals surface area contributed by atoms with Crippen molar-refractivity contribution in [1.82, 2.24) is 23.9 Å². The minimum atomic E-state index is -4.74. The molecule has 15 heteroatoms. The third kappa shape index (κ3) is 5.29. The van der Waals surface area contributed by atoms with E-state index >= 15 is 0 Å². The van der Waals surface area contributed by atoms with Crippen LogP contribution in [0.3, 0.4) is 0 Å². The number of nitrogens with zero attached hydrogens (tertiary/aromatic N) is 5. The molecule has 3 aromatic heterocycles. The number of rotatable bonds is 6. The first-order valence-corrected chi connectivity index (χ1v) is 16.0. The van der Waals surface area contributed by atoms with Crippen molar-refractivity contribution in [3.8, 4) is 5.88 Å². The zero-order valence-corrected chi connectivity index (χ0v) is 26.3. The van der Waals surface area contributed by atoms with Gasteiger partial charge in [-0.2, -0.15) is 17.5 Å². The van der Waals surface area contributed by atoms with Crippen LogP contribution in [0, 0.1) is 19.3 Å². The van der Waals surface area contributed by atoms with Crippen LogP contribution < -0.4 is 4.74 Å². The van der Waals surface area contributed by atoms with Crippen LogP contribution in [-0.2, 0) is 32.3 Å². The first-order chi connectivity index (χ1) is 21.5. The third-order valence-corrected chi connectivity index (χ3v) is 10.8. The summed E-state index contributed by atoms with van der Waals surface area (Å²) in [5, 5.41) is 17.5. The van der Waals surface area contributed by atoms with Crippen LogP contribution in [0.5, 0.6) is 5.88 Å². The Morgan fingerprint density at radius 3 is 2.59 bits per heavy atom. The van der Waals surface area contributed by atoms with E-state index in [9.17, 15) is 31.5 Å². The van der Waals surface area contributed by atoms with Crippen molar-refractivity contribution in [2.75, 3.05) is 19.8 Å². The van der Waals surface area contributed by atoms with Gasteiger partial charge in [0.1, 0.15) is 10.5 Å². The zero-order valence-electron chi connectivity index (χ0n) is 25.5. The fraction of sp³-hybridized carbons (Fsp3) is 0.419. The van der Waals surface area contributed by atoms with Crippen LogP contribution in [-0.4, -0.2) is 68.7 Å². The molecule has 0 amide bonds. The molecule has 1 saturated heterocycles. The van der Waals surface area contributed by atoms with Gasteiger partial charge in [0, 0.05) is 31.3 Å². The molecule has 1 N–H and O–H groups in total. The van der Waals surface area contributed by atoms with Gasteiger partial charge in [-0.3, -0.25) is 9.20 Å². The van der Waals surface area contributed by atoms with E-state index < -0.39 is 44.9 Å². The topological polar surface area (TPSA) is 136 Å². The van der Waals surface area contributed by atoms with Gasteiger partial charge >= 0.3 is 12.1 Å². The average molecular weight is 660 g/mol. The Balaban J connectivity index is 1.46. The van der Waals surface area contributed by atoms with Gasteiger partial charge in [0.15, 0.2) is 5.65 Å². The predicted octanol–water partition coefficient (Wildman–Crippen LogP) is 4.75. The molecule has 46 heavy (non-hydrogen) atoms. The summed E-state index contributed by atoms with van der Waals surface area (Å²) in [6, 6.07) is 9.74. The third-order valence-electron chi connectivity index (χ3n) is 8.96. The summed E-state index contributed by atoms with van der Waals surface area (Å²) >= 11 is 0. The largest absolute Gasteiger partial charge is 0.481 e. The molecule has 0 bridgehead atoms. The molecule has 2 atom stereocenters. The van der Waals surface area contributed by atoms with Crippen LogP contribution in [0.2, 0.25) is 0 Å². The van der Waals surface area contributed by atoms with Gasteiger partial charge in [-0.1, -0.05) is 18.2 Å². The number of hydrogen-bond acceptors (Lipinski definition) is 8. The number of sulfonamides is 1. The van der Waals surface area contributed by atoms with E-state index in [-0.39, 0.29) is 36.1 Å². The number of aryl methyl sites for hydroxylation is 2. The molecule has 2 aliphatic rings. The number of pyridine rings is 2. The summed E-state index contributed by atoms with van der Waals surface area (Å²) in [4.78, 5) is 16.8. The average Bonchev–Trinajstić information content (AvgIpc) is 3.61. The molecule has 0 saturated carbocycles. The molecule has 244 valence electrons. The van der Waals surface area contributed by atoms with Gasteiger partial charge in [-0.25, -0.2) is 13.4 Å². The van der Waals surface area contributed by atoms with Gasteiger partial charge in [0.05, 0.1) is 25.2 Å². The molecule has 0 radical (unpaired) electrons. The van der Waals surface area contributed by atoms with Crippen LogP contribution in [0.1, 0.15) is 59.8 Å². The maximum absolute atomic E-state index is 14.0. The number of carboxylic acid groups (broad SMARTS) is 1. The van der Waals surface area contributed by atoms with E-state index in [2.05, 4.69) is 15.2 Å². The predicted molar refractivity (Wildman–Crippen MR) is 158 cm³/mol. The standard InChI is InChI=1S/C31H32F3N5O6S/c1-18-7-8-20(24(29(3,4)28(40)41)22-9-12-39-25(19(22)2)36-37-27(39)31(32,33)34)14-21(18)15-38-16-30(10-13-44-17-30)45-26-23(46(38,42)43)6-5-11-35-26/h5-9,11-12,14,24H,10,13,15-17H2,1-4H3,(H,40,41)/t24-,30-/m0/s1. The molecule has 2 aliphatic heterocycles. The number of benzene rings is 1. The fourth-order valence-corrected chi connectivity index (χ4v) is 7.87. The van der Waals surface area contributed by atoms with Crippen LogP contribution in [0.25, 0.3) is 5.65 Å². The molecule has 0 unspecified atom stereocenters. The summed E-state index contributed by atoms with van der Waals surface area (Å²) < 4.78 is 82.7. The number of carbonyl (C=O) groups is 1. The Bertz CT molecular complexity index is 1950. The maximum Gasteiger partial charge on any atom is 0.452 e. The Hall–Kier alpha value is -4.08. The minimum Gasteiger partial charge on any atom is -0.481 e. The Morgan fingerprint density at radius 1 is 1.15 bits per heavy atom. The van der Waals surface area contributed by atoms with E-state index in [0.29, 0.717) is 35.3 Å². The van der Waals surface area contributed by atoms with Gasteiger partial charge < -0.3 is 14.6 Å². The minimum absolute atomic E-state index is 0.00358. The second-order valence-electron chi connectivity index (χ2n) is 12.4. The molecule has 0 aliphatic carbocycles. The summed E-state index contributed by atoms with van der Waals surface area (Å²) in [5.74, 6) is -3.16. The number of hydrogen-bond donors (Lipinski definition) is 1. The lowest BCUT2D eigenvalue weighted by molar-refractivity contribution is -0.147. The summed E-state index contributed by atoms with van der Waals surface area (Å²) in [5.41, 5.74) is 0.288. The van der Waals surface area contributed by atoms with Gasteiger partial charge in [-0.15, -0.1) is 10.2 Å². The molecule has 11 nitrogen and oxygen atoms in total. The number of fused-ring (bicyclic) bond motifs is 2. The van der Waals surface area contributed by atoms with E-state index in [1.54, 1.807) is 39.0 Å². The Morgan fingerprint density at radius 2 is 1.91 bits per heavy atom. The molecule has 5 heterocycles. The van der Waals surface area contributed by atoms with Crippen LogP contribution in [0.15, 0.2) is 53.7 Å². The summed E-state index contributed by atoms with van der Waals surface area (Å²) in [6.45, 7) is 7.02. The van der Waals surface area contributed by atoms with Gasteiger partial charge in [0.2, 0.25) is 21.7 Å². The lowest BCUT2D eigenvalue weighted by atomic mass is 9.70. The lowest BCUT2D eigenvalue weighted by Crippen LogP contribution is -2.47. The number of alkyl halides is 3. The zero-order chi connectivity index (χ0) is 33.2. The van der Waals surface area contributed by atoms with Crippen LogP contribution >= 0.6 is 0 Å². The fourth-order valence-electron chi connectivity index (χ4n) is 6.31. The molecule has 6 rings (SSSR count). The van der Waals surface area contributed by atoms with Crippen LogP contribution in [0.4, 0.5) is 13.2 Å². The Labute approximate surface area is 263 Å². The number of ether oxygens (including phenoxy) is 2. The smallest absolute Gasteiger partial charge is 0.452 e. The second kappa shape index (κ2) is 11.0. The summed E-state index contributed by atoms with van der Waals surface area (Å²) in [7, 11) is -4.08. The normalized spacial score (nSPS) is 20.8.